The van der Waals surface area contributed by atoms with Crippen LogP contribution in [0.2, 0.25) is 0 Å². The highest BCUT2D eigenvalue weighted by atomic mass is 16.4. The van der Waals surface area contributed by atoms with E-state index in [2.05, 4.69) is 25.8 Å². The van der Waals surface area contributed by atoms with E-state index in [4.69, 9.17) is 15.1 Å². The molecule has 3 aromatic rings. The molecule has 138 valence electrons. The summed E-state index contributed by atoms with van der Waals surface area (Å²) in [6.45, 7) is 6.35. The zero-order valence-electron chi connectivity index (χ0n) is 15.2. The molecule has 1 fully saturated rings. The second kappa shape index (κ2) is 7.47. The Balaban J connectivity index is 1.55. The molecular formula is C19H26N6O. The average Bonchev–Trinajstić information content (AvgIpc) is 3.21. The molecule has 0 radical (unpaired) electrons. The zero-order chi connectivity index (χ0) is 17.9. The number of imidazole rings is 1. The van der Waals surface area contributed by atoms with Crippen LogP contribution in [0.25, 0.3) is 11.0 Å². The highest BCUT2D eigenvalue weighted by Crippen LogP contribution is 2.24. The maximum absolute atomic E-state index is 5.69. The number of nitrogens with two attached hydrogens (primary N) is 1. The molecule has 1 aliphatic heterocycles. The zero-order valence-corrected chi connectivity index (χ0v) is 15.2. The predicted octanol–water partition coefficient (Wildman–Crippen LogP) is 2.22. The molecule has 3 N–H and O–H groups in total. The van der Waals surface area contributed by atoms with Crippen molar-refractivity contribution in [3.63, 3.8) is 0 Å². The number of nitrogens with zero attached hydrogens (tertiary/aromatic N) is 4. The minimum atomic E-state index is 0.427. The van der Waals surface area contributed by atoms with Gasteiger partial charge in [0.2, 0.25) is 5.95 Å². The summed E-state index contributed by atoms with van der Waals surface area (Å²) in [7, 11) is 0. The summed E-state index contributed by atoms with van der Waals surface area (Å²) in [5.41, 5.74) is 7.76. The van der Waals surface area contributed by atoms with Crippen molar-refractivity contribution in [3.8, 4) is 0 Å². The van der Waals surface area contributed by atoms with Crippen molar-refractivity contribution in [2.75, 3.05) is 31.5 Å². The van der Waals surface area contributed by atoms with E-state index in [-0.39, 0.29) is 0 Å². The second-order valence-corrected chi connectivity index (χ2v) is 6.90. The first-order valence-electron chi connectivity index (χ1n) is 9.28. The molecule has 2 aromatic heterocycles. The van der Waals surface area contributed by atoms with E-state index in [1.807, 2.05) is 25.1 Å². The van der Waals surface area contributed by atoms with Gasteiger partial charge < -0.3 is 24.9 Å². The number of likely N-dealkylation sites (tertiary alicyclic amines) is 1. The van der Waals surface area contributed by atoms with Crippen LogP contribution >= 0.6 is 0 Å². The molecule has 4 rings (SSSR count). The van der Waals surface area contributed by atoms with Crippen LogP contribution < -0.4 is 11.1 Å². The first-order valence-corrected chi connectivity index (χ1v) is 9.28. The Bertz CT molecular complexity index is 862. The van der Waals surface area contributed by atoms with E-state index < -0.39 is 0 Å². The number of benzene rings is 1. The highest BCUT2D eigenvalue weighted by Gasteiger charge is 2.21. The highest BCUT2D eigenvalue weighted by molar-refractivity contribution is 5.78. The van der Waals surface area contributed by atoms with E-state index >= 15 is 0 Å². The number of hydrogen-bond acceptors (Lipinski definition) is 6. The number of fused-ring (bicyclic) bond motifs is 1. The lowest BCUT2D eigenvalue weighted by Crippen LogP contribution is -2.41. The quantitative estimate of drug-likeness (QED) is 0.706. The maximum atomic E-state index is 5.69. The molecule has 0 unspecified atom stereocenters. The van der Waals surface area contributed by atoms with Gasteiger partial charge in [0.15, 0.2) is 5.89 Å². The minimum absolute atomic E-state index is 0.427. The summed E-state index contributed by atoms with van der Waals surface area (Å²) in [5, 5.41) is 3.66. The Hall–Kier alpha value is -2.38. The topological polar surface area (TPSA) is 85.1 Å². The van der Waals surface area contributed by atoms with Gasteiger partial charge in [-0.2, -0.15) is 0 Å². The molecule has 1 saturated heterocycles. The Morgan fingerprint density at radius 2 is 2.08 bits per heavy atom. The van der Waals surface area contributed by atoms with Crippen LogP contribution in [0.4, 0.5) is 5.95 Å². The molecule has 7 heteroatoms. The number of para-hydroxylation sites is 2. The second-order valence-electron chi connectivity index (χ2n) is 6.90. The van der Waals surface area contributed by atoms with Crippen molar-refractivity contribution >= 4 is 17.0 Å². The molecule has 1 aromatic carbocycles. The van der Waals surface area contributed by atoms with Gasteiger partial charge in [0, 0.05) is 39.1 Å². The number of piperidine rings is 1. The van der Waals surface area contributed by atoms with Crippen molar-refractivity contribution in [1.29, 1.82) is 0 Å². The molecule has 0 saturated carbocycles. The first-order chi connectivity index (χ1) is 12.7. The molecular weight excluding hydrogens is 328 g/mol. The van der Waals surface area contributed by atoms with Gasteiger partial charge in [0.25, 0.3) is 0 Å². The van der Waals surface area contributed by atoms with Gasteiger partial charge in [-0.25, -0.2) is 9.97 Å². The summed E-state index contributed by atoms with van der Waals surface area (Å²) >= 11 is 0. The van der Waals surface area contributed by atoms with Crippen LogP contribution in [-0.4, -0.2) is 51.7 Å². The number of nitrogens with one attached hydrogen (secondary N) is 1. The predicted molar refractivity (Wildman–Crippen MR) is 102 cm³/mol. The molecule has 0 aliphatic carbocycles. The van der Waals surface area contributed by atoms with E-state index in [0.717, 1.165) is 61.8 Å². The van der Waals surface area contributed by atoms with Crippen LogP contribution in [0.3, 0.4) is 0 Å². The van der Waals surface area contributed by atoms with E-state index in [1.54, 1.807) is 6.20 Å². The van der Waals surface area contributed by atoms with Gasteiger partial charge in [0.05, 0.1) is 23.8 Å². The number of anilines is 1. The fourth-order valence-corrected chi connectivity index (χ4v) is 3.65. The Morgan fingerprint density at radius 3 is 2.81 bits per heavy atom. The SMILES string of the molecule is Cc1ncc(Cn2c(NC3CCN(CCN)CC3)nc3ccccc32)o1. The number of aryl methyl sites for hydroxylation is 1. The summed E-state index contributed by atoms with van der Waals surface area (Å²) < 4.78 is 7.87. The van der Waals surface area contributed by atoms with Crippen molar-refractivity contribution < 1.29 is 4.42 Å². The number of oxazole rings is 1. The van der Waals surface area contributed by atoms with Crippen LogP contribution in [0.5, 0.6) is 0 Å². The van der Waals surface area contributed by atoms with Gasteiger partial charge in [-0.15, -0.1) is 0 Å². The monoisotopic (exact) mass is 354 g/mol. The van der Waals surface area contributed by atoms with E-state index in [1.165, 1.54) is 0 Å². The van der Waals surface area contributed by atoms with Crippen molar-refractivity contribution in [3.05, 3.63) is 42.1 Å². The van der Waals surface area contributed by atoms with Crippen LogP contribution in [-0.2, 0) is 6.54 Å². The minimum Gasteiger partial charge on any atom is -0.444 e. The third-order valence-corrected chi connectivity index (χ3v) is 5.00. The van der Waals surface area contributed by atoms with Gasteiger partial charge in [-0.1, -0.05) is 12.1 Å². The molecule has 0 atom stereocenters. The average molecular weight is 354 g/mol. The van der Waals surface area contributed by atoms with Crippen molar-refractivity contribution in [1.82, 2.24) is 19.4 Å². The third-order valence-electron chi connectivity index (χ3n) is 5.00. The fourth-order valence-electron chi connectivity index (χ4n) is 3.65. The lowest BCUT2D eigenvalue weighted by atomic mass is 10.1. The van der Waals surface area contributed by atoms with Crippen molar-refractivity contribution in [2.24, 2.45) is 5.73 Å². The molecule has 7 nitrogen and oxygen atoms in total. The van der Waals surface area contributed by atoms with Crippen LogP contribution in [0.1, 0.15) is 24.5 Å². The first kappa shape index (κ1) is 17.1. The van der Waals surface area contributed by atoms with E-state index in [0.29, 0.717) is 18.5 Å². The summed E-state index contributed by atoms with van der Waals surface area (Å²) in [6.07, 6.45) is 3.99. The molecule has 26 heavy (non-hydrogen) atoms. The third kappa shape index (κ3) is 3.59. The molecule has 0 spiro atoms. The molecule has 0 amide bonds. The normalized spacial score (nSPS) is 16.4. The molecule has 0 bridgehead atoms. The maximum Gasteiger partial charge on any atom is 0.204 e. The van der Waals surface area contributed by atoms with Crippen LogP contribution in [0, 0.1) is 6.92 Å². The summed E-state index contributed by atoms with van der Waals surface area (Å²) in [4.78, 5) is 11.5. The molecule has 3 heterocycles. The number of hydrogen-bond donors (Lipinski definition) is 2. The van der Waals surface area contributed by atoms with Gasteiger partial charge in [-0.3, -0.25) is 0 Å². The smallest absolute Gasteiger partial charge is 0.204 e. The van der Waals surface area contributed by atoms with Crippen molar-refractivity contribution in [2.45, 2.75) is 32.4 Å². The number of aromatic nitrogens is 3. The van der Waals surface area contributed by atoms with E-state index in [9.17, 15) is 0 Å². The summed E-state index contributed by atoms with van der Waals surface area (Å²) in [6, 6.07) is 8.64. The number of rotatable bonds is 6. The Kier molecular flexibility index (Phi) is 4.90. The lowest BCUT2D eigenvalue weighted by molar-refractivity contribution is 0.224. The van der Waals surface area contributed by atoms with Gasteiger partial charge in [0.1, 0.15) is 5.76 Å². The Labute approximate surface area is 153 Å². The summed E-state index contributed by atoms with van der Waals surface area (Å²) in [5.74, 6) is 2.43. The standard InChI is InChI=1S/C19H26N6O/c1-14-21-12-16(26-14)13-25-18-5-3-2-4-17(18)23-19(25)22-15-6-9-24(10-7-15)11-8-20/h2-5,12,15H,6-11,13,20H2,1H3,(H,22,23). The lowest BCUT2D eigenvalue weighted by Gasteiger charge is -2.32. The fraction of sp³-hybridized carbons (Fsp3) is 0.474. The van der Waals surface area contributed by atoms with Gasteiger partial charge in [-0.05, 0) is 25.0 Å². The molecule has 1 aliphatic rings. The van der Waals surface area contributed by atoms with Gasteiger partial charge >= 0.3 is 0 Å². The Morgan fingerprint density at radius 1 is 1.27 bits per heavy atom. The van der Waals surface area contributed by atoms with Crippen LogP contribution in [0.15, 0.2) is 34.9 Å². The largest absolute Gasteiger partial charge is 0.444 e.